The third kappa shape index (κ3) is 3.27. The summed E-state index contributed by atoms with van der Waals surface area (Å²) in [5, 5.41) is 6.88. The van der Waals surface area contributed by atoms with Crippen molar-refractivity contribution in [1.82, 2.24) is 10.3 Å². The summed E-state index contributed by atoms with van der Waals surface area (Å²) in [5.41, 5.74) is 0. The Labute approximate surface area is 101 Å². The maximum absolute atomic E-state index is 5.25. The van der Waals surface area contributed by atoms with Gasteiger partial charge in [0, 0.05) is 37.2 Å². The third-order valence-corrected chi connectivity index (χ3v) is 4.10. The zero-order chi connectivity index (χ0) is 11.4. The quantitative estimate of drug-likeness (QED) is 0.794. The zero-order valence-corrected chi connectivity index (χ0v) is 10.8. The van der Waals surface area contributed by atoms with Crippen LogP contribution in [0.2, 0.25) is 0 Å². The molecule has 90 valence electrons. The molecule has 0 spiro atoms. The minimum absolute atomic E-state index is 0.498. The summed E-state index contributed by atoms with van der Waals surface area (Å²) >= 11 is 1.74. The second kappa shape index (κ2) is 5.75. The molecule has 1 aromatic rings. The molecule has 16 heavy (non-hydrogen) atoms. The van der Waals surface area contributed by atoms with E-state index in [9.17, 15) is 0 Å². The van der Waals surface area contributed by atoms with Gasteiger partial charge in [0.1, 0.15) is 0 Å². The van der Waals surface area contributed by atoms with E-state index in [-0.39, 0.29) is 0 Å². The number of hydrogen-bond donors (Lipinski definition) is 1. The lowest BCUT2D eigenvalue weighted by atomic mass is 10.1. The van der Waals surface area contributed by atoms with Gasteiger partial charge in [-0.15, -0.1) is 11.3 Å². The van der Waals surface area contributed by atoms with E-state index >= 15 is 0 Å². The molecule has 1 fully saturated rings. The van der Waals surface area contributed by atoms with E-state index in [0.29, 0.717) is 12.0 Å². The Morgan fingerprint density at radius 2 is 2.44 bits per heavy atom. The van der Waals surface area contributed by atoms with Gasteiger partial charge in [-0.05, 0) is 18.8 Å². The molecule has 1 aliphatic carbocycles. The Morgan fingerprint density at radius 1 is 1.62 bits per heavy atom. The molecule has 4 heteroatoms. The van der Waals surface area contributed by atoms with Gasteiger partial charge in [0.2, 0.25) is 0 Å². The van der Waals surface area contributed by atoms with Gasteiger partial charge in [-0.1, -0.05) is 6.92 Å². The first kappa shape index (κ1) is 12.0. The molecule has 1 N–H and O–H groups in total. The van der Waals surface area contributed by atoms with Crippen LogP contribution < -0.4 is 5.32 Å². The van der Waals surface area contributed by atoms with Crippen LogP contribution in [0, 0.1) is 5.92 Å². The SMILES string of the molecule is COCC(NCC(C)c1nccs1)C1CC1. The van der Waals surface area contributed by atoms with Crippen molar-refractivity contribution >= 4 is 11.3 Å². The first-order valence-electron chi connectivity index (χ1n) is 5.93. The topological polar surface area (TPSA) is 34.1 Å². The first-order chi connectivity index (χ1) is 7.81. The Balaban J connectivity index is 1.76. The fraction of sp³-hybridized carbons (Fsp3) is 0.750. The van der Waals surface area contributed by atoms with Gasteiger partial charge < -0.3 is 10.1 Å². The molecule has 0 aromatic carbocycles. The predicted octanol–water partition coefficient (Wildman–Crippen LogP) is 2.26. The maximum atomic E-state index is 5.25. The van der Waals surface area contributed by atoms with Gasteiger partial charge in [-0.3, -0.25) is 0 Å². The average Bonchev–Trinajstić information content (AvgIpc) is 2.98. The lowest BCUT2D eigenvalue weighted by Gasteiger charge is -2.19. The molecule has 1 aliphatic rings. The molecule has 1 aromatic heterocycles. The second-order valence-electron chi connectivity index (χ2n) is 4.58. The van der Waals surface area contributed by atoms with Crippen molar-refractivity contribution in [3.63, 3.8) is 0 Å². The van der Waals surface area contributed by atoms with Gasteiger partial charge >= 0.3 is 0 Å². The maximum Gasteiger partial charge on any atom is 0.0965 e. The first-order valence-corrected chi connectivity index (χ1v) is 6.81. The van der Waals surface area contributed by atoms with Crippen molar-refractivity contribution in [2.24, 2.45) is 5.92 Å². The van der Waals surface area contributed by atoms with Crippen LogP contribution in [0.4, 0.5) is 0 Å². The van der Waals surface area contributed by atoms with E-state index in [1.165, 1.54) is 17.8 Å². The molecule has 2 unspecified atom stereocenters. The van der Waals surface area contributed by atoms with Crippen molar-refractivity contribution in [2.45, 2.75) is 31.7 Å². The Morgan fingerprint density at radius 3 is 3.00 bits per heavy atom. The molecule has 0 aliphatic heterocycles. The van der Waals surface area contributed by atoms with Crippen LogP contribution >= 0.6 is 11.3 Å². The average molecular weight is 240 g/mol. The number of aromatic nitrogens is 1. The van der Waals surface area contributed by atoms with Crippen LogP contribution in [-0.2, 0) is 4.74 Å². The summed E-state index contributed by atoms with van der Waals surface area (Å²) in [6, 6.07) is 0.535. The van der Waals surface area contributed by atoms with Crippen molar-refractivity contribution in [2.75, 3.05) is 20.3 Å². The monoisotopic (exact) mass is 240 g/mol. The standard InChI is InChI=1S/C12H20N2OS/c1-9(12-13-5-6-16-12)7-14-11(8-15-2)10-3-4-10/h5-6,9-11,14H,3-4,7-8H2,1-2H3. The summed E-state index contributed by atoms with van der Waals surface area (Å²) < 4.78 is 5.25. The van der Waals surface area contributed by atoms with Crippen LogP contribution in [0.15, 0.2) is 11.6 Å². The van der Waals surface area contributed by atoms with Crippen LogP contribution in [0.25, 0.3) is 0 Å². The van der Waals surface area contributed by atoms with Crippen molar-refractivity contribution in [3.8, 4) is 0 Å². The molecule has 3 nitrogen and oxygen atoms in total. The molecule has 0 bridgehead atoms. The van der Waals surface area contributed by atoms with E-state index in [1.807, 2.05) is 11.6 Å². The molecule has 2 atom stereocenters. The normalized spacial score (nSPS) is 19.6. The van der Waals surface area contributed by atoms with Gasteiger partial charge in [0.05, 0.1) is 11.6 Å². The number of ether oxygens (including phenoxy) is 1. The smallest absolute Gasteiger partial charge is 0.0965 e. The highest BCUT2D eigenvalue weighted by atomic mass is 32.1. The molecular weight excluding hydrogens is 220 g/mol. The van der Waals surface area contributed by atoms with Gasteiger partial charge in [-0.2, -0.15) is 0 Å². The number of rotatable bonds is 7. The van der Waals surface area contributed by atoms with E-state index in [2.05, 4.69) is 17.2 Å². The Kier molecular flexibility index (Phi) is 4.32. The highest BCUT2D eigenvalue weighted by Gasteiger charge is 2.31. The van der Waals surface area contributed by atoms with Crippen molar-refractivity contribution in [3.05, 3.63) is 16.6 Å². The van der Waals surface area contributed by atoms with E-state index in [1.54, 1.807) is 18.4 Å². The minimum atomic E-state index is 0.498. The van der Waals surface area contributed by atoms with Crippen LogP contribution in [-0.4, -0.2) is 31.3 Å². The number of hydrogen-bond acceptors (Lipinski definition) is 4. The predicted molar refractivity (Wildman–Crippen MR) is 66.9 cm³/mol. The van der Waals surface area contributed by atoms with E-state index in [0.717, 1.165) is 19.1 Å². The Bertz CT molecular complexity index is 298. The van der Waals surface area contributed by atoms with Crippen molar-refractivity contribution < 1.29 is 4.74 Å². The summed E-state index contributed by atoms with van der Waals surface area (Å²) in [6.45, 7) is 4.05. The van der Waals surface area contributed by atoms with E-state index in [4.69, 9.17) is 4.74 Å². The number of nitrogens with zero attached hydrogens (tertiary/aromatic N) is 1. The third-order valence-electron chi connectivity index (χ3n) is 3.10. The van der Waals surface area contributed by atoms with Crippen LogP contribution in [0.3, 0.4) is 0 Å². The number of thiazole rings is 1. The molecule has 0 amide bonds. The Hall–Kier alpha value is -0.450. The minimum Gasteiger partial charge on any atom is -0.383 e. The fourth-order valence-corrected chi connectivity index (χ4v) is 2.63. The second-order valence-corrected chi connectivity index (χ2v) is 5.51. The molecule has 2 rings (SSSR count). The fourth-order valence-electron chi connectivity index (χ4n) is 1.93. The summed E-state index contributed by atoms with van der Waals surface area (Å²) in [4.78, 5) is 4.35. The number of nitrogens with one attached hydrogen (secondary N) is 1. The lowest BCUT2D eigenvalue weighted by molar-refractivity contribution is 0.157. The van der Waals surface area contributed by atoms with Gasteiger partial charge in [-0.25, -0.2) is 4.98 Å². The number of methoxy groups -OCH3 is 1. The zero-order valence-electron chi connectivity index (χ0n) is 9.98. The summed E-state index contributed by atoms with van der Waals surface area (Å²) in [6.07, 6.45) is 4.59. The highest BCUT2D eigenvalue weighted by molar-refractivity contribution is 7.09. The highest BCUT2D eigenvalue weighted by Crippen LogP contribution is 2.33. The van der Waals surface area contributed by atoms with E-state index < -0.39 is 0 Å². The lowest BCUT2D eigenvalue weighted by Crippen LogP contribution is -2.37. The largest absolute Gasteiger partial charge is 0.383 e. The summed E-state index contributed by atoms with van der Waals surface area (Å²) in [5.74, 6) is 1.33. The molecule has 1 saturated carbocycles. The molecule has 0 radical (unpaired) electrons. The van der Waals surface area contributed by atoms with Crippen LogP contribution in [0.1, 0.15) is 30.7 Å². The molecular formula is C12H20N2OS. The van der Waals surface area contributed by atoms with Crippen LogP contribution in [0.5, 0.6) is 0 Å². The molecule has 1 heterocycles. The summed E-state index contributed by atoms with van der Waals surface area (Å²) in [7, 11) is 1.78. The van der Waals surface area contributed by atoms with Gasteiger partial charge in [0.25, 0.3) is 0 Å². The van der Waals surface area contributed by atoms with Gasteiger partial charge in [0.15, 0.2) is 0 Å². The molecule has 0 saturated heterocycles. The van der Waals surface area contributed by atoms with Crippen molar-refractivity contribution in [1.29, 1.82) is 0 Å².